The van der Waals surface area contributed by atoms with Crippen molar-refractivity contribution in [3.63, 3.8) is 0 Å². The number of carbonyl (C=O) groups excluding carboxylic acids is 1. The molecular formula is C27H32N6O2. The lowest BCUT2D eigenvalue weighted by Gasteiger charge is -2.31. The number of benzene rings is 1. The highest BCUT2D eigenvalue weighted by Crippen LogP contribution is 2.35. The summed E-state index contributed by atoms with van der Waals surface area (Å²) in [6.07, 6.45) is 7.67. The molecule has 1 aliphatic carbocycles. The summed E-state index contributed by atoms with van der Waals surface area (Å²) in [4.78, 5) is 29.3. The minimum atomic E-state index is -0.348. The van der Waals surface area contributed by atoms with Crippen molar-refractivity contribution >= 4 is 23.6 Å². The molecule has 5 rings (SSSR count). The summed E-state index contributed by atoms with van der Waals surface area (Å²) in [5.41, 5.74) is 9.08. The molecule has 0 spiro atoms. The Morgan fingerprint density at radius 3 is 2.71 bits per heavy atom. The fourth-order valence-electron chi connectivity index (χ4n) is 4.91. The van der Waals surface area contributed by atoms with Gasteiger partial charge in [0, 0.05) is 30.4 Å². The van der Waals surface area contributed by atoms with Gasteiger partial charge in [-0.1, -0.05) is 30.3 Å². The number of pyridine rings is 1. The minimum Gasteiger partial charge on any atom is -0.462 e. The molecule has 35 heavy (non-hydrogen) atoms. The van der Waals surface area contributed by atoms with E-state index in [-0.39, 0.29) is 5.97 Å². The molecule has 0 unspecified atom stereocenters. The molecule has 3 heterocycles. The van der Waals surface area contributed by atoms with Gasteiger partial charge in [0.15, 0.2) is 0 Å². The second-order valence-electron chi connectivity index (χ2n) is 9.20. The Kier molecular flexibility index (Phi) is 6.90. The highest BCUT2D eigenvalue weighted by atomic mass is 16.5. The molecule has 1 aromatic carbocycles. The summed E-state index contributed by atoms with van der Waals surface area (Å²) in [5, 5.41) is 3.49. The molecule has 0 saturated heterocycles. The summed E-state index contributed by atoms with van der Waals surface area (Å²) < 4.78 is 5.36. The zero-order valence-corrected chi connectivity index (χ0v) is 20.1. The standard InChI is InChI=1S/C27H32N6O2/c1-2-35-26(34)22-17-19-9-6-16-33(25(19)32-24(22)18-7-4-3-5-8-18)23-14-15-29-27(31-23)30-21-12-10-20(28)11-13-21/h3-5,7-8,14-15,17,20-21H,2,6,9-13,16,28H2,1H3,(H,29,30,31)/t20-,21-. The van der Waals surface area contributed by atoms with Crippen molar-refractivity contribution in [2.75, 3.05) is 23.4 Å². The van der Waals surface area contributed by atoms with Crippen molar-refractivity contribution in [3.05, 3.63) is 59.8 Å². The number of anilines is 3. The van der Waals surface area contributed by atoms with Gasteiger partial charge in [-0.2, -0.15) is 4.98 Å². The van der Waals surface area contributed by atoms with Crippen LogP contribution in [-0.4, -0.2) is 46.2 Å². The zero-order valence-electron chi connectivity index (χ0n) is 20.1. The first-order chi connectivity index (χ1) is 17.1. The Morgan fingerprint density at radius 2 is 1.94 bits per heavy atom. The van der Waals surface area contributed by atoms with E-state index in [0.717, 1.165) is 67.8 Å². The normalized spacial score (nSPS) is 19.7. The number of rotatable bonds is 6. The first-order valence-electron chi connectivity index (χ1n) is 12.5. The molecule has 3 aromatic rings. The minimum absolute atomic E-state index is 0.300. The number of esters is 1. The van der Waals surface area contributed by atoms with E-state index < -0.39 is 0 Å². The SMILES string of the molecule is CCOC(=O)c1cc2c(nc1-c1ccccc1)N(c1ccnc(N[C@H]3CC[C@H](N)CC3)n1)CCC2. The second-order valence-corrected chi connectivity index (χ2v) is 9.20. The number of nitrogens with one attached hydrogen (secondary N) is 1. The second kappa shape index (κ2) is 10.4. The van der Waals surface area contributed by atoms with Crippen LogP contribution < -0.4 is 16.0 Å². The van der Waals surface area contributed by atoms with Crippen molar-refractivity contribution in [1.82, 2.24) is 15.0 Å². The fraction of sp³-hybridized carbons (Fsp3) is 0.407. The van der Waals surface area contributed by atoms with Gasteiger partial charge in [0.2, 0.25) is 5.95 Å². The van der Waals surface area contributed by atoms with E-state index in [0.29, 0.717) is 35.9 Å². The molecule has 0 bridgehead atoms. The van der Waals surface area contributed by atoms with Crippen LogP contribution in [0.25, 0.3) is 11.3 Å². The number of ether oxygens (including phenoxy) is 1. The molecule has 8 heteroatoms. The van der Waals surface area contributed by atoms with Crippen LogP contribution in [0.15, 0.2) is 48.7 Å². The van der Waals surface area contributed by atoms with Crippen molar-refractivity contribution in [1.29, 1.82) is 0 Å². The number of aromatic nitrogens is 3. The van der Waals surface area contributed by atoms with Crippen molar-refractivity contribution in [3.8, 4) is 11.3 Å². The summed E-state index contributed by atoms with van der Waals surface area (Å²) in [5.74, 6) is 1.91. The topological polar surface area (TPSA) is 106 Å². The van der Waals surface area contributed by atoms with E-state index in [1.807, 2.05) is 49.4 Å². The molecule has 2 aromatic heterocycles. The largest absolute Gasteiger partial charge is 0.462 e. The molecule has 8 nitrogen and oxygen atoms in total. The van der Waals surface area contributed by atoms with Gasteiger partial charge in [0.05, 0.1) is 17.9 Å². The summed E-state index contributed by atoms with van der Waals surface area (Å²) in [7, 11) is 0. The predicted molar refractivity (Wildman–Crippen MR) is 137 cm³/mol. The van der Waals surface area contributed by atoms with Crippen LogP contribution in [0.3, 0.4) is 0 Å². The van der Waals surface area contributed by atoms with Crippen LogP contribution in [0.4, 0.5) is 17.6 Å². The monoisotopic (exact) mass is 472 g/mol. The lowest BCUT2D eigenvalue weighted by atomic mass is 9.92. The number of hydrogen-bond donors (Lipinski definition) is 2. The van der Waals surface area contributed by atoms with E-state index in [2.05, 4.69) is 15.2 Å². The Morgan fingerprint density at radius 1 is 1.14 bits per heavy atom. The number of hydrogen-bond acceptors (Lipinski definition) is 8. The maximum Gasteiger partial charge on any atom is 0.340 e. The summed E-state index contributed by atoms with van der Waals surface area (Å²) in [6, 6.07) is 14.3. The fourth-order valence-corrected chi connectivity index (χ4v) is 4.91. The molecule has 1 saturated carbocycles. The third-order valence-electron chi connectivity index (χ3n) is 6.73. The molecule has 1 fully saturated rings. The van der Waals surface area contributed by atoms with Crippen molar-refractivity contribution < 1.29 is 9.53 Å². The lowest BCUT2D eigenvalue weighted by Crippen LogP contribution is -2.33. The highest BCUT2D eigenvalue weighted by Gasteiger charge is 2.27. The lowest BCUT2D eigenvalue weighted by molar-refractivity contribution is 0.0526. The average molecular weight is 473 g/mol. The average Bonchev–Trinajstić information content (AvgIpc) is 2.90. The van der Waals surface area contributed by atoms with E-state index in [9.17, 15) is 4.79 Å². The van der Waals surface area contributed by atoms with Gasteiger partial charge >= 0.3 is 5.97 Å². The Balaban J connectivity index is 1.49. The number of aryl methyl sites for hydroxylation is 1. The Hall–Kier alpha value is -3.52. The third kappa shape index (κ3) is 5.12. The predicted octanol–water partition coefficient (Wildman–Crippen LogP) is 4.48. The third-order valence-corrected chi connectivity index (χ3v) is 6.73. The van der Waals surface area contributed by atoms with Crippen LogP contribution in [0, 0.1) is 0 Å². The molecule has 0 radical (unpaired) electrons. The van der Waals surface area contributed by atoms with Crippen molar-refractivity contribution in [2.45, 2.75) is 57.5 Å². The van der Waals surface area contributed by atoms with E-state index in [1.165, 1.54) is 0 Å². The van der Waals surface area contributed by atoms with Gasteiger partial charge in [-0.15, -0.1) is 0 Å². The van der Waals surface area contributed by atoms with Gasteiger partial charge in [0.25, 0.3) is 0 Å². The van der Waals surface area contributed by atoms with Crippen LogP contribution in [0.2, 0.25) is 0 Å². The zero-order chi connectivity index (χ0) is 24.2. The van der Waals surface area contributed by atoms with Gasteiger partial charge in [0.1, 0.15) is 11.6 Å². The van der Waals surface area contributed by atoms with Gasteiger partial charge in [-0.3, -0.25) is 0 Å². The molecule has 182 valence electrons. The molecular weight excluding hydrogens is 440 g/mol. The molecule has 0 atom stereocenters. The highest BCUT2D eigenvalue weighted by molar-refractivity contribution is 5.97. The first kappa shape index (κ1) is 23.2. The van der Waals surface area contributed by atoms with Crippen LogP contribution in [0.1, 0.15) is 54.9 Å². The number of nitrogens with two attached hydrogens (primary N) is 1. The smallest absolute Gasteiger partial charge is 0.340 e. The molecule has 2 aliphatic rings. The summed E-state index contributed by atoms with van der Waals surface area (Å²) >= 11 is 0. The first-order valence-corrected chi connectivity index (χ1v) is 12.5. The Bertz CT molecular complexity index is 1180. The maximum atomic E-state index is 12.8. The van der Waals surface area contributed by atoms with Gasteiger partial charge in [-0.05, 0) is 63.1 Å². The van der Waals surface area contributed by atoms with E-state index in [1.54, 1.807) is 6.20 Å². The van der Waals surface area contributed by atoms with E-state index in [4.69, 9.17) is 20.4 Å². The number of carbonyl (C=O) groups is 1. The number of nitrogens with zero attached hydrogens (tertiary/aromatic N) is 4. The number of fused-ring (bicyclic) bond motifs is 1. The van der Waals surface area contributed by atoms with Crippen LogP contribution in [-0.2, 0) is 11.2 Å². The van der Waals surface area contributed by atoms with Gasteiger partial charge < -0.3 is 20.7 Å². The van der Waals surface area contributed by atoms with Crippen molar-refractivity contribution in [2.24, 2.45) is 5.73 Å². The van der Waals surface area contributed by atoms with E-state index >= 15 is 0 Å². The van der Waals surface area contributed by atoms with Gasteiger partial charge in [-0.25, -0.2) is 14.8 Å². The molecule has 3 N–H and O–H groups in total. The summed E-state index contributed by atoms with van der Waals surface area (Å²) in [6.45, 7) is 2.93. The van der Waals surface area contributed by atoms with Crippen LogP contribution in [0.5, 0.6) is 0 Å². The maximum absolute atomic E-state index is 12.8. The van der Waals surface area contributed by atoms with Crippen LogP contribution >= 0.6 is 0 Å². The quantitative estimate of drug-likeness (QED) is 0.506. The molecule has 0 amide bonds. The Labute approximate surface area is 205 Å². The molecule has 1 aliphatic heterocycles.